The Morgan fingerprint density at radius 2 is 1.80 bits per heavy atom. The first-order valence-corrected chi connectivity index (χ1v) is 10.5. The number of nitrogens with zero attached hydrogens (tertiary/aromatic N) is 2. The maximum Gasteiger partial charge on any atom is 0.241 e. The molecule has 2 heterocycles. The number of carbonyl (C=O) groups is 1. The summed E-state index contributed by atoms with van der Waals surface area (Å²) in [6.07, 6.45) is 0. The van der Waals surface area contributed by atoms with Crippen molar-refractivity contribution in [1.82, 2.24) is 9.80 Å². The van der Waals surface area contributed by atoms with Crippen LogP contribution in [0.4, 0.5) is 5.69 Å². The Labute approximate surface area is 177 Å². The summed E-state index contributed by atoms with van der Waals surface area (Å²) in [6, 6.07) is 13.4. The molecule has 1 amide bonds. The Hall–Kier alpha value is -2.77. The van der Waals surface area contributed by atoms with E-state index in [2.05, 4.69) is 27.2 Å². The number of ether oxygens (including phenoxy) is 3. The lowest BCUT2D eigenvalue weighted by molar-refractivity contribution is -0.121. The minimum absolute atomic E-state index is 0.0170. The van der Waals surface area contributed by atoms with Crippen LogP contribution in [-0.4, -0.2) is 61.3 Å². The molecule has 1 N–H and O–H groups in total. The van der Waals surface area contributed by atoms with Gasteiger partial charge in [0.25, 0.3) is 0 Å². The van der Waals surface area contributed by atoms with Gasteiger partial charge in [0.2, 0.25) is 12.7 Å². The van der Waals surface area contributed by atoms with E-state index in [0.717, 1.165) is 55.7 Å². The predicted molar refractivity (Wildman–Crippen MR) is 115 cm³/mol. The Kier molecular flexibility index (Phi) is 6.40. The van der Waals surface area contributed by atoms with Gasteiger partial charge in [-0.25, -0.2) is 0 Å². The second kappa shape index (κ2) is 9.36. The second-order valence-corrected chi connectivity index (χ2v) is 7.62. The van der Waals surface area contributed by atoms with E-state index in [4.69, 9.17) is 14.2 Å². The number of fused-ring (bicyclic) bond motifs is 1. The summed E-state index contributed by atoms with van der Waals surface area (Å²) < 4.78 is 16.3. The number of anilines is 1. The van der Waals surface area contributed by atoms with Crippen LogP contribution < -0.4 is 19.5 Å². The Bertz CT molecular complexity index is 863. The highest BCUT2D eigenvalue weighted by Crippen LogP contribution is 2.32. The van der Waals surface area contributed by atoms with Gasteiger partial charge >= 0.3 is 0 Å². The lowest BCUT2D eigenvalue weighted by Crippen LogP contribution is -2.52. The normalized spacial score (nSPS) is 17.5. The zero-order valence-corrected chi connectivity index (χ0v) is 17.6. The van der Waals surface area contributed by atoms with E-state index in [-0.39, 0.29) is 11.9 Å². The van der Waals surface area contributed by atoms with Gasteiger partial charge in [-0.15, -0.1) is 0 Å². The van der Waals surface area contributed by atoms with Crippen LogP contribution in [0, 0.1) is 0 Å². The molecule has 0 saturated carbocycles. The van der Waals surface area contributed by atoms with Crippen molar-refractivity contribution >= 4 is 11.6 Å². The average Bonchev–Trinajstić information content (AvgIpc) is 3.23. The van der Waals surface area contributed by atoms with Crippen LogP contribution in [0.5, 0.6) is 17.2 Å². The molecular weight excluding hydrogens is 382 g/mol. The summed E-state index contributed by atoms with van der Waals surface area (Å²) in [6.45, 7) is 9.30. The van der Waals surface area contributed by atoms with E-state index in [1.165, 1.54) is 5.56 Å². The molecule has 1 atom stereocenters. The van der Waals surface area contributed by atoms with Crippen molar-refractivity contribution in [3.8, 4) is 17.2 Å². The van der Waals surface area contributed by atoms with Crippen LogP contribution >= 0.6 is 0 Å². The summed E-state index contributed by atoms with van der Waals surface area (Å²) in [7, 11) is 0. The van der Waals surface area contributed by atoms with Gasteiger partial charge in [-0.2, -0.15) is 0 Å². The van der Waals surface area contributed by atoms with Crippen molar-refractivity contribution in [2.24, 2.45) is 0 Å². The first-order chi connectivity index (χ1) is 14.6. The van der Waals surface area contributed by atoms with Crippen molar-refractivity contribution in [1.29, 1.82) is 0 Å². The molecule has 7 nitrogen and oxygen atoms in total. The lowest BCUT2D eigenvalue weighted by Gasteiger charge is -2.37. The molecule has 0 aromatic heterocycles. The molecule has 0 bridgehead atoms. The SMILES string of the molecule is CCOc1ccc(NC(=O)[C@H](C)N2CCN(Cc3ccc4c(c3)OCO4)CC2)cc1. The summed E-state index contributed by atoms with van der Waals surface area (Å²) in [5, 5.41) is 3.01. The van der Waals surface area contributed by atoms with Gasteiger partial charge in [-0.3, -0.25) is 14.6 Å². The fraction of sp³-hybridized carbons (Fsp3) is 0.435. The highest BCUT2D eigenvalue weighted by molar-refractivity contribution is 5.94. The number of hydrogen-bond donors (Lipinski definition) is 1. The highest BCUT2D eigenvalue weighted by Gasteiger charge is 2.26. The minimum Gasteiger partial charge on any atom is -0.494 e. The molecule has 2 aromatic rings. The van der Waals surface area contributed by atoms with Crippen LogP contribution in [0.1, 0.15) is 19.4 Å². The van der Waals surface area contributed by atoms with Crippen molar-refractivity contribution in [3.63, 3.8) is 0 Å². The Balaban J connectivity index is 1.25. The number of benzene rings is 2. The third kappa shape index (κ3) is 4.86. The van der Waals surface area contributed by atoms with E-state index >= 15 is 0 Å². The first-order valence-electron chi connectivity index (χ1n) is 10.5. The van der Waals surface area contributed by atoms with Crippen LogP contribution in [-0.2, 0) is 11.3 Å². The monoisotopic (exact) mass is 411 g/mol. The van der Waals surface area contributed by atoms with Crippen LogP contribution in [0.2, 0.25) is 0 Å². The molecule has 1 fully saturated rings. The van der Waals surface area contributed by atoms with Gasteiger partial charge < -0.3 is 19.5 Å². The zero-order valence-electron chi connectivity index (χ0n) is 17.6. The number of piperazine rings is 1. The highest BCUT2D eigenvalue weighted by atomic mass is 16.7. The fourth-order valence-electron chi connectivity index (χ4n) is 3.82. The quantitative estimate of drug-likeness (QED) is 0.756. The number of nitrogens with one attached hydrogen (secondary N) is 1. The van der Waals surface area contributed by atoms with Gasteiger partial charge in [0, 0.05) is 38.4 Å². The number of amides is 1. The Morgan fingerprint density at radius 1 is 1.07 bits per heavy atom. The van der Waals surface area contributed by atoms with E-state index in [9.17, 15) is 4.79 Å². The molecule has 0 radical (unpaired) electrons. The van der Waals surface area contributed by atoms with Crippen LogP contribution in [0.3, 0.4) is 0 Å². The van der Waals surface area contributed by atoms with Crippen LogP contribution in [0.25, 0.3) is 0 Å². The summed E-state index contributed by atoms with van der Waals surface area (Å²) in [5.74, 6) is 2.46. The van der Waals surface area contributed by atoms with Crippen molar-refractivity contribution < 1.29 is 19.0 Å². The predicted octanol–water partition coefficient (Wildman–Crippen LogP) is 2.96. The maximum atomic E-state index is 12.7. The fourth-order valence-corrected chi connectivity index (χ4v) is 3.82. The summed E-state index contributed by atoms with van der Waals surface area (Å²) >= 11 is 0. The zero-order chi connectivity index (χ0) is 20.9. The molecule has 2 aliphatic rings. The van der Waals surface area contributed by atoms with Gasteiger partial charge in [0.15, 0.2) is 11.5 Å². The molecule has 0 spiro atoms. The van der Waals surface area contributed by atoms with Crippen molar-refractivity contribution in [3.05, 3.63) is 48.0 Å². The van der Waals surface area contributed by atoms with Crippen molar-refractivity contribution in [2.45, 2.75) is 26.4 Å². The molecule has 2 aromatic carbocycles. The molecule has 1 saturated heterocycles. The minimum atomic E-state index is -0.177. The molecule has 0 unspecified atom stereocenters. The number of hydrogen-bond acceptors (Lipinski definition) is 6. The molecular formula is C23H29N3O4. The van der Waals surface area contributed by atoms with Gasteiger partial charge in [-0.1, -0.05) is 6.07 Å². The molecule has 7 heteroatoms. The largest absolute Gasteiger partial charge is 0.494 e. The topological polar surface area (TPSA) is 63.3 Å². The van der Waals surface area contributed by atoms with Gasteiger partial charge in [-0.05, 0) is 55.8 Å². The van der Waals surface area contributed by atoms with E-state index < -0.39 is 0 Å². The van der Waals surface area contributed by atoms with Gasteiger partial charge in [0.1, 0.15) is 5.75 Å². The number of carbonyl (C=O) groups excluding carboxylic acids is 1. The molecule has 2 aliphatic heterocycles. The standard InChI is InChI=1S/C23H29N3O4/c1-3-28-20-7-5-19(6-8-20)24-23(27)17(2)26-12-10-25(11-13-26)15-18-4-9-21-22(14-18)30-16-29-21/h4-9,14,17H,3,10-13,15-16H2,1-2H3,(H,24,27)/t17-/m0/s1. The van der Waals surface area contributed by atoms with Gasteiger partial charge in [0.05, 0.1) is 12.6 Å². The molecule has 4 rings (SSSR count). The summed E-state index contributed by atoms with van der Waals surface area (Å²) in [5.41, 5.74) is 2.01. The maximum absolute atomic E-state index is 12.7. The Morgan fingerprint density at radius 3 is 2.53 bits per heavy atom. The third-order valence-electron chi connectivity index (χ3n) is 5.61. The molecule has 0 aliphatic carbocycles. The van der Waals surface area contributed by atoms with E-state index in [0.29, 0.717) is 13.4 Å². The third-order valence-corrected chi connectivity index (χ3v) is 5.61. The van der Waals surface area contributed by atoms with Crippen LogP contribution in [0.15, 0.2) is 42.5 Å². The average molecular weight is 412 g/mol. The molecule has 30 heavy (non-hydrogen) atoms. The molecule has 160 valence electrons. The number of rotatable bonds is 7. The summed E-state index contributed by atoms with van der Waals surface area (Å²) in [4.78, 5) is 17.3. The smallest absolute Gasteiger partial charge is 0.241 e. The lowest BCUT2D eigenvalue weighted by atomic mass is 10.1. The first kappa shape index (κ1) is 20.5. The second-order valence-electron chi connectivity index (χ2n) is 7.62. The van der Waals surface area contributed by atoms with E-state index in [1.807, 2.05) is 44.2 Å². The van der Waals surface area contributed by atoms with E-state index in [1.54, 1.807) is 0 Å². The van der Waals surface area contributed by atoms with Crippen molar-refractivity contribution in [2.75, 3.05) is 44.9 Å².